The number of likely N-dealkylation sites (tertiary alicyclic amines) is 1. The molecule has 3 heterocycles. The number of halogens is 3. The lowest BCUT2D eigenvalue weighted by atomic mass is 10.1. The molecule has 1 unspecified atom stereocenters. The van der Waals surface area contributed by atoms with Crippen LogP contribution in [0.5, 0.6) is 0 Å². The van der Waals surface area contributed by atoms with Gasteiger partial charge in [0, 0.05) is 38.3 Å². The number of alkyl halides is 3. The number of hydrogen-bond donors (Lipinski definition) is 0. The summed E-state index contributed by atoms with van der Waals surface area (Å²) < 4.78 is 65.2. The zero-order chi connectivity index (χ0) is 22.4. The van der Waals surface area contributed by atoms with Crippen LogP contribution in [-0.4, -0.2) is 68.3 Å². The Bertz CT molecular complexity index is 990. The Balaban J connectivity index is 1.49. The summed E-state index contributed by atoms with van der Waals surface area (Å²) in [6.07, 6.45) is -1.63. The molecule has 2 fully saturated rings. The molecule has 11 heteroatoms. The van der Waals surface area contributed by atoms with E-state index in [1.165, 1.54) is 15.3 Å². The van der Waals surface area contributed by atoms with Crippen molar-refractivity contribution >= 4 is 27.5 Å². The smallest absolute Gasteiger partial charge is 0.333 e. The first-order valence-electron chi connectivity index (χ1n) is 10.4. The second kappa shape index (κ2) is 8.09. The standard InChI is InChI=1S/C20H24F3N3O4S/c21-20(22,23)13-24-12-15(11-18(24)27)19(28)26-9-6-14-10-16(4-5-17(14)26)31(29,30)25-7-2-1-3-8-25/h4-5,10,15H,1-3,6-9,11-13H2. The van der Waals surface area contributed by atoms with Gasteiger partial charge in [-0.25, -0.2) is 8.42 Å². The molecular weight excluding hydrogens is 435 g/mol. The third-order valence-corrected chi connectivity index (χ3v) is 7.99. The number of fused-ring (bicyclic) bond motifs is 1. The third-order valence-electron chi connectivity index (χ3n) is 6.10. The van der Waals surface area contributed by atoms with Crippen molar-refractivity contribution in [2.45, 2.75) is 43.2 Å². The van der Waals surface area contributed by atoms with Crippen LogP contribution in [0.25, 0.3) is 0 Å². The molecule has 4 rings (SSSR count). The van der Waals surface area contributed by atoms with E-state index in [0.717, 1.165) is 19.3 Å². The average Bonchev–Trinajstić information content (AvgIpc) is 3.30. The molecule has 3 aliphatic rings. The highest BCUT2D eigenvalue weighted by Crippen LogP contribution is 2.34. The lowest BCUT2D eigenvalue weighted by Gasteiger charge is -2.26. The van der Waals surface area contributed by atoms with Gasteiger partial charge in [-0.3, -0.25) is 9.59 Å². The van der Waals surface area contributed by atoms with Gasteiger partial charge in [0.25, 0.3) is 0 Å². The summed E-state index contributed by atoms with van der Waals surface area (Å²) in [7, 11) is -3.60. The Hall–Kier alpha value is -2.14. The van der Waals surface area contributed by atoms with Gasteiger partial charge < -0.3 is 9.80 Å². The maximum atomic E-state index is 12.9. The number of carbonyl (C=O) groups excluding carboxylic acids is 2. The van der Waals surface area contributed by atoms with Crippen molar-refractivity contribution in [3.63, 3.8) is 0 Å². The number of carbonyl (C=O) groups is 2. The van der Waals surface area contributed by atoms with Crippen molar-refractivity contribution < 1.29 is 31.2 Å². The van der Waals surface area contributed by atoms with E-state index >= 15 is 0 Å². The molecule has 7 nitrogen and oxygen atoms in total. The number of nitrogens with zero attached hydrogens (tertiary/aromatic N) is 3. The van der Waals surface area contributed by atoms with Crippen molar-refractivity contribution in [2.24, 2.45) is 5.92 Å². The number of sulfonamides is 1. The lowest BCUT2D eigenvalue weighted by Crippen LogP contribution is -2.38. The minimum absolute atomic E-state index is 0.190. The highest BCUT2D eigenvalue weighted by Gasteiger charge is 2.42. The predicted octanol–water partition coefficient (Wildman–Crippen LogP) is 2.16. The number of rotatable bonds is 4. The van der Waals surface area contributed by atoms with Crippen LogP contribution < -0.4 is 4.90 Å². The summed E-state index contributed by atoms with van der Waals surface area (Å²) >= 11 is 0. The fourth-order valence-corrected chi connectivity index (χ4v) is 6.12. The quantitative estimate of drug-likeness (QED) is 0.692. The van der Waals surface area contributed by atoms with Crippen LogP contribution in [0.3, 0.4) is 0 Å². The van der Waals surface area contributed by atoms with Crippen molar-refractivity contribution in [2.75, 3.05) is 37.6 Å². The van der Waals surface area contributed by atoms with E-state index in [-0.39, 0.29) is 17.9 Å². The number of amides is 2. The van der Waals surface area contributed by atoms with E-state index in [1.54, 1.807) is 12.1 Å². The maximum absolute atomic E-state index is 12.9. The van der Waals surface area contributed by atoms with Crippen molar-refractivity contribution in [1.29, 1.82) is 0 Å². The van der Waals surface area contributed by atoms with Gasteiger partial charge in [0.15, 0.2) is 0 Å². The van der Waals surface area contributed by atoms with E-state index in [0.29, 0.717) is 42.2 Å². The largest absolute Gasteiger partial charge is 0.406 e. The lowest BCUT2D eigenvalue weighted by molar-refractivity contribution is -0.157. The monoisotopic (exact) mass is 459 g/mol. The van der Waals surface area contributed by atoms with Crippen molar-refractivity contribution in [3.05, 3.63) is 23.8 Å². The fraction of sp³-hybridized carbons (Fsp3) is 0.600. The first-order chi connectivity index (χ1) is 14.6. The summed E-state index contributed by atoms with van der Waals surface area (Å²) in [4.78, 5) is 27.2. The van der Waals surface area contributed by atoms with E-state index in [1.807, 2.05) is 0 Å². The van der Waals surface area contributed by atoms with Gasteiger partial charge in [0.1, 0.15) is 6.54 Å². The molecule has 1 aromatic carbocycles. The van der Waals surface area contributed by atoms with Crippen molar-refractivity contribution in [3.8, 4) is 0 Å². The summed E-state index contributed by atoms with van der Waals surface area (Å²) in [6.45, 7) is -0.317. The Kier molecular flexibility index (Phi) is 5.76. The molecule has 2 amide bonds. The van der Waals surface area contributed by atoms with Crippen LogP contribution in [0, 0.1) is 5.92 Å². The van der Waals surface area contributed by atoms with Crippen LogP contribution in [0.1, 0.15) is 31.2 Å². The molecule has 0 saturated carbocycles. The molecule has 2 saturated heterocycles. The van der Waals surface area contributed by atoms with Gasteiger partial charge in [-0.2, -0.15) is 17.5 Å². The molecule has 170 valence electrons. The Morgan fingerprint density at radius 1 is 1.10 bits per heavy atom. The number of hydrogen-bond acceptors (Lipinski definition) is 4. The number of piperidine rings is 1. The first kappa shape index (κ1) is 22.1. The Morgan fingerprint density at radius 2 is 1.81 bits per heavy atom. The number of benzene rings is 1. The zero-order valence-electron chi connectivity index (χ0n) is 16.9. The van der Waals surface area contributed by atoms with Crippen LogP contribution in [0.4, 0.5) is 18.9 Å². The summed E-state index contributed by atoms with van der Waals surface area (Å²) in [5, 5.41) is 0. The second-order valence-corrected chi connectivity index (χ2v) is 10.2. The van der Waals surface area contributed by atoms with E-state index < -0.39 is 40.5 Å². The fourth-order valence-electron chi connectivity index (χ4n) is 4.55. The Morgan fingerprint density at radius 3 is 2.48 bits per heavy atom. The second-order valence-electron chi connectivity index (χ2n) is 8.29. The average molecular weight is 459 g/mol. The van der Waals surface area contributed by atoms with Crippen molar-refractivity contribution in [1.82, 2.24) is 9.21 Å². The van der Waals surface area contributed by atoms with E-state index in [2.05, 4.69) is 0 Å². The highest BCUT2D eigenvalue weighted by molar-refractivity contribution is 7.89. The minimum Gasteiger partial charge on any atom is -0.333 e. The molecule has 0 radical (unpaired) electrons. The molecule has 1 atom stereocenters. The molecule has 0 aromatic heterocycles. The van der Waals surface area contributed by atoms with Gasteiger partial charge in [0.2, 0.25) is 21.8 Å². The molecular formula is C20H24F3N3O4S. The van der Waals surface area contributed by atoms with Crippen LogP contribution in [0.2, 0.25) is 0 Å². The molecule has 3 aliphatic heterocycles. The zero-order valence-corrected chi connectivity index (χ0v) is 17.7. The van der Waals surface area contributed by atoms with Gasteiger partial charge in [-0.15, -0.1) is 0 Å². The SMILES string of the molecule is O=C1CC(C(=O)N2CCc3cc(S(=O)(=O)N4CCCCC4)ccc32)CN1CC(F)(F)F. The number of anilines is 1. The van der Waals surface area contributed by atoms with E-state index in [9.17, 15) is 31.2 Å². The molecule has 31 heavy (non-hydrogen) atoms. The molecule has 0 spiro atoms. The highest BCUT2D eigenvalue weighted by atomic mass is 32.2. The predicted molar refractivity (Wildman–Crippen MR) is 106 cm³/mol. The van der Waals surface area contributed by atoms with Crippen LogP contribution >= 0.6 is 0 Å². The molecule has 0 aliphatic carbocycles. The van der Waals surface area contributed by atoms with Gasteiger partial charge in [0.05, 0.1) is 10.8 Å². The maximum Gasteiger partial charge on any atom is 0.406 e. The summed E-state index contributed by atoms with van der Waals surface area (Å²) in [6, 6.07) is 4.65. The first-order valence-corrected chi connectivity index (χ1v) is 11.8. The van der Waals surface area contributed by atoms with Gasteiger partial charge in [-0.1, -0.05) is 6.42 Å². The van der Waals surface area contributed by atoms with Gasteiger partial charge >= 0.3 is 6.18 Å². The minimum atomic E-state index is -4.51. The van der Waals surface area contributed by atoms with Crippen LogP contribution in [-0.2, 0) is 26.0 Å². The van der Waals surface area contributed by atoms with E-state index in [4.69, 9.17) is 0 Å². The summed E-state index contributed by atoms with van der Waals surface area (Å²) in [5.74, 6) is -1.92. The van der Waals surface area contributed by atoms with Crippen LogP contribution in [0.15, 0.2) is 23.1 Å². The topological polar surface area (TPSA) is 78.0 Å². The third kappa shape index (κ3) is 4.43. The molecule has 1 aromatic rings. The van der Waals surface area contributed by atoms with Gasteiger partial charge in [-0.05, 0) is 43.0 Å². The Labute approximate surface area is 178 Å². The normalized spacial score (nSPS) is 22.8. The molecule has 0 bridgehead atoms. The molecule has 0 N–H and O–H groups in total. The summed E-state index contributed by atoms with van der Waals surface area (Å²) in [5.41, 5.74) is 1.27.